The molecule has 1 aromatic carbocycles. The summed E-state index contributed by atoms with van der Waals surface area (Å²) in [5.41, 5.74) is 4.89. The van der Waals surface area contributed by atoms with Crippen LogP contribution in [0.2, 0.25) is 0 Å². The Balaban J connectivity index is 2.84. The molecule has 0 amide bonds. The van der Waals surface area contributed by atoms with Crippen LogP contribution < -0.4 is 0 Å². The predicted octanol–water partition coefficient (Wildman–Crippen LogP) is 2.60. The molecule has 1 aliphatic carbocycles. The van der Waals surface area contributed by atoms with Crippen LogP contribution in [0, 0.1) is 18.3 Å². The van der Waals surface area contributed by atoms with Gasteiger partial charge < -0.3 is 0 Å². The van der Waals surface area contributed by atoms with Gasteiger partial charge in [-0.2, -0.15) is 5.26 Å². The zero-order chi connectivity index (χ0) is 13.7. The van der Waals surface area contributed by atoms with E-state index in [2.05, 4.69) is 39.8 Å². The Bertz CT molecular complexity index is 545. The molecule has 0 aliphatic heterocycles. The van der Waals surface area contributed by atoms with Gasteiger partial charge in [-0.05, 0) is 41.0 Å². The Labute approximate surface area is 112 Å². The molecule has 0 spiro atoms. The normalized spacial score (nSPS) is 17.3. The van der Waals surface area contributed by atoms with E-state index >= 15 is 0 Å². The second-order valence-electron chi connectivity index (χ2n) is 6.37. The second-order valence-corrected chi connectivity index (χ2v) is 6.37. The number of aryl methyl sites for hydroxylation is 1. The SMILES string of the molecule is [B]C1([B])CCc2c(C)cc(C(C)(C)C)c(C#N)c21. The lowest BCUT2D eigenvalue weighted by Gasteiger charge is -2.28. The number of hydrogen-bond donors (Lipinski definition) is 0. The van der Waals surface area contributed by atoms with E-state index in [9.17, 15) is 5.26 Å². The molecule has 0 aromatic heterocycles. The van der Waals surface area contributed by atoms with Crippen LogP contribution >= 0.6 is 0 Å². The third kappa shape index (κ3) is 1.88. The van der Waals surface area contributed by atoms with Crippen molar-refractivity contribution in [3.8, 4) is 6.07 Å². The van der Waals surface area contributed by atoms with Gasteiger partial charge in [-0.1, -0.05) is 38.5 Å². The van der Waals surface area contributed by atoms with Gasteiger partial charge in [-0.15, -0.1) is 0 Å². The van der Waals surface area contributed by atoms with E-state index in [1.165, 1.54) is 11.1 Å². The van der Waals surface area contributed by atoms with E-state index in [0.29, 0.717) is 12.0 Å². The predicted molar refractivity (Wildman–Crippen MR) is 76.1 cm³/mol. The highest BCUT2D eigenvalue weighted by Gasteiger charge is 2.35. The summed E-state index contributed by atoms with van der Waals surface area (Å²) in [5, 5.41) is 8.65. The number of fused-ring (bicyclic) bond motifs is 1. The van der Waals surface area contributed by atoms with Gasteiger partial charge in [0.05, 0.1) is 27.3 Å². The van der Waals surface area contributed by atoms with Gasteiger partial charge in [-0.3, -0.25) is 0 Å². The Morgan fingerprint density at radius 3 is 2.44 bits per heavy atom. The molecule has 0 unspecified atom stereocenters. The van der Waals surface area contributed by atoms with Crippen molar-refractivity contribution in [3.05, 3.63) is 33.9 Å². The summed E-state index contributed by atoms with van der Waals surface area (Å²) in [5.74, 6) is 0. The van der Waals surface area contributed by atoms with Crippen molar-refractivity contribution in [3.63, 3.8) is 0 Å². The highest BCUT2D eigenvalue weighted by molar-refractivity contribution is 6.40. The number of benzene rings is 1. The summed E-state index contributed by atoms with van der Waals surface area (Å²) < 4.78 is 0. The monoisotopic (exact) mass is 233 g/mol. The van der Waals surface area contributed by atoms with Gasteiger partial charge in [0.1, 0.15) is 0 Å². The molecule has 18 heavy (non-hydrogen) atoms. The molecule has 1 aliphatic rings. The maximum Gasteiger partial charge on any atom is 0.0997 e. The van der Waals surface area contributed by atoms with Crippen molar-refractivity contribution in [2.45, 2.75) is 51.2 Å². The van der Waals surface area contributed by atoms with Gasteiger partial charge in [-0.25, -0.2) is 0 Å². The van der Waals surface area contributed by atoms with Crippen LogP contribution in [-0.4, -0.2) is 15.7 Å². The average Bonchev–Trinajstić information content (AvgIpc) is 2.55. The molecule has 2 rings (SSSR count). The Hall–Kier alpha value is -1.16. The van der Waals surface area contributed by atoms with Gasteiger partial charge in [0.15, 0.2) is 0 Å². The number of rotatable bonds is 0. The quantitative estimate of drug-likeness (QED) is 0.631. The maximum absolute atomic E-state index is 9.51. The first-order valence-electron chi connectivity index (χ1n) is 6.34. The van der Waals surface area contributed by atoms with Gasteiger partial charge in [0.2, 0.25) is 0 Å². The third-order valence-electron chi connectivity index (χ3n) is 3.83. The topological polar surface area (TPSA) is 23.8 Å². The molecule has 0 bridgehead atoms. The standard InChI is InChI=1S/C15H17B2N/c1-9-7-12(14(2,3)4)11(8-18)13-10(9)5-6-15(13,16)17/h7H,5-6H2,1-4H3. The highest BCUT2D eigenvalue weighted by Crippen LogP contribution is 2.42. The van der Waals surface area contributed by atoms with Crippen LogP contribution in [0.3, 0.4) is 0 Å². The van der Waals surface area contributed by atoms with E-state index in [-0.39, 0.29) is 5.41 Å². The lowest BCUT2D eigenvalue weighted by atomic mass is 9.50. The largest absolute Gasteiger partial charge is 0.192 e. The van der Waals surface area contributed by atoms with Crippen LogP contribution in [-0.2, 0) is 17.0 Å². The molecule has 1 nitrogen and oxygen atoms in total. The molecule has 88 valence electrons. The van der Waals surface area contributed by atoms with Crippen molar-refractivity contribution in [1.82, 2.24) is 0 Å². The van der Waals surface area contributed by atoms with Crippen LogP contribution in [0.4, 0.5) is 0 Å². The van der Waals surface area contributed by atoms with Gasteiger partial charge in [0, 0.05) is 0 Å². The number of hydrogen-bond acceptors (Lipinski definition) is 1. The molecule has 4 radical (unpaired) electrons. The molecule has 0 saturated carbocycles. The first-order valence-corrected chi connectivity index (χ1v) is 6.34. The molecule has 0 atom stereocenters. The molecule has 0 fully saturated rings. The smallest absolute Gasteiger partial charge is 0.0997 e. The minimum atomic E-state index is -0.855. The molecule has 0 N–H and O–H groups in total. The van der Waals surface area contributed by atoms with Crippen LogP contribution in [0.5, 0.6) is 0 Å². The van der Waals surface area contributed by atoms with E-state index in [0.717, 1.165) is 17.5 Å². The number of nitrogens with zero attached hydrogens (tertiary/aromatic N) is 1. The van der Waals surface area contributed by atoms with E-state index in [1.54, 1.807) is 0 Å². The summed E-state index contributed by atoms with van der Waals surface area (Å²) in [6, 6.07) is 4.45. The Morgan fingerprint density at radius 2 is 1.94 bits per heavy atom. The Morgan fingerprint density at radius 1 is 1.33 bits per heavy atom. The minimum absolute atomic E-state index is 0.0798. The van der Waals surface area contributed by atoms with Crippen molar-refractivity contribution in [2.75, 3.05) is 0 Å². The van der Waals surface area contributed by atoms with E-state index in [1.807, 2.05) is 0 Å². The molecule has 3 heteroatoms. The fourth-order valence-corrected chi connectivity index (χ4v) is 2.86. The van der Waals surface area contributed by atoms with Crippen molar-refractivity contribution in [2.24, 2.45) is 0 Å². The van der Waals surface area contributed by atoms with Crippen LogP contribution in [0.25, 0.3) is 0 Å². The summed E-state index contributed by atoms with van der Waals surface area (Å²) in [4.78, 5) is 0. The second kappa shape index (κ2) is 3.92. The lowest BCUT2D eigenvalue weighted by molar-refractivity contribution is 0.586. The summed E-state index contributed by atoms with van der Waals surface area (Å²) in [6.45, 7) is 8.41. The molecule has 1 aromatic rings. The zero-order valence-electron chi connectivity index (χ0n) is 11.6. The maximum atomic E-state index is 9.51. The van der Waals surface area contributed by atoms with Gasteiger partial charge >= 0.3 is 0 Å². The summed E-state index contributed by atoms with van der Waals surface area (Å²) >= 11 is 0. The van der Waals surface area contributed by atoms with Crippen molar-refractivity contribution in [1.29, 1.82) is 5.26 Å². The fourth-order valence-electron chi connectivity index (χ4n) is 2.86. The van der Waals surface area contributed by atoms with E-state index in [4.69, 9.17) is 15.7 Å². The van der Waals surface area contributed by atoms with Crippen LogP contribution in [0.1, 0.15) is 55.0 Å². The third-order valence-corrected chi connectivity index (χ3v) is 3.83. The molecular formula is C15H17B2N. The van der Waals surface area contributed by atoms with Gasteiger partial charge in [0.25, 0.3) is 0 Å². The minimum Gasteiger partial charge on any atom is -0.192 e. The first kappa shape index (κ1) is 13.3. The molecular weight excluding hydrogens is 216 g/mol. The zero-order valence-corrected chi connectivity index (χ0v) is 11.6. The lowest BCUT2D eigenvalue weighted by Crippen LogP contribution is -2.26. The highest BCUT2D eigenvalue weighted by atomic mass is 14.4. The summed E-state index contributed by atoms with van der Waals surface area (Å²) in [6.07, 6.45) is 1.58. The number of nitriles is 1. The van der Waals surface area contributed by atoms with E-state index < -0.39 is 5.21 Å². The van der Waals surface area contributed by atoms with Crippen LogP contribution in [0.15, 0.2) is 6.07 Å². The fraction of sp³-hybridized carbons (Fsp3) is 0.533. The molecule has 0 heterocycles. The van der Waals surface area contributed by atoms with Crippen molar-refractivity contribution >= 4 is 15.7 Å². The Kier molecular flexibility index (Phi) is 2.89. The van der Waals surface area contributed by atoms with Crippen molar-refractivity contribution < 1.29 is 0 Å². The summed E-state index contributed by atoms with van der Waals surface area (Å²) in [7, 11) is 12.3. The molecule has 0 saturated heterocycles. The first-order chi connectivity index (χ1) is 8.18. The average molecular weight is 233 g/mol.